The van der Waals surface area contributed by atoms with Crippen LogP contribution in [0, 0.1) is 24.2 Å². The van der Waals surface area contributed by atoms with E-state index in [1.165, 1.54) is 0 Å². The quantitative estimate of drug-likeness (QED) is 0.375. The van der Waals surface area contributed by atoms with Crippen molar-refractivity contribution in [2.75, 3.05) is 14.1 Å². The van der Waals surface area contributed by atoms with Crippen molar-refractivity contribution < 1.29 is 0 Å². The molecule has 0 aliphatic rings. The molecule has 0 aliphatic carbocycles. The Balaban J connectivity index is 3.81. The first-order valence-corrected chi connectivity index (χ1v) is 3.41. The van der Waals surface area contributed by atoms with E-state index < -0.39 is 8.07 Å². The topological polar surface area (TPSA) is 3.24 Å². The minimum Gasteiger partial charge on any atom is -0.268 e. The highest BCUT2D eigenvalue weighted by molar-refractivity contribution is 7.65. The van der Waals surface area contributed by atoms with Gasteiger partial charge >= 0.3 is 0 Å². The molecule has 42 valence electrons. The molecule has 0 rings (SSSR count). The van der Waals surface area contributed by atoms with Crippen LogP contribution < -0.4 is 0 Å². The molecular weight excluding hydrogens is 117 g/mol. The highest BCUT2D eigenvalue weighted by atomic mass is 31.1. The highest BCUT2D eigenvalue weighted by Gasteiger charge is 1.99. The van der Waals surface area contributed by atoms with E-state index >= 15 is 0 Å². The Morgan fingerprint density at radius 1 is 1.25 bits per heavy atom. The molecule has 0 amide bonds. The summed E-state index contributed by atoms with van der Waals surface area (Å²) in [5, 5.41) is 0. The Bertz CT molecular complexity index is 124. The van der Waals surface area contributed by atoms with Crippen molar-refractivity contribution in [3.63, 3.8) is 0 Å². The summed E-state index contributed by atoms with van der Waals surface area (Å²) in [7, 11) is 3.03. The van der Waals surface area contributed by atoms with Crippen molar-refractivity contribution in [1.82, 2.24) is 4.67 Å². The van der Waals surface area contributed by atoms with Gasteiger partial charge in [0.25, 0.3) is 0 Å². The van der Waals surface area contributed by atoms with Crippen molar-refractivity contribution in [1.29, 1.82) is 0 Å². The zero-order valence-corrected chi connectivity index (χ0v) is 5.94. The van der Waals surface area contributed by atoms with E-state index in [4.69, 9.17) is 12.8 Å². The monoisotopic (exact) mass is 125 g/mol. The van der Waals surface area contributed by atoms with Gasteiger partial charge in [-0.1, -0.05) is 0 Å². The molecule has 0 unspecified atom stereocenters. The zero-order valence-electron chi connectivity index (χ0n) is 5.05. The first kappa shape index (κ1) is 7.51. The fourth-order valence-corrected chi connectivity index (χ4v) is 0.805. The van der Waals surface area contributed by atoms with Gasteiger partial charge in [0.05, 0.1) is 0 Å². The van der Waals surface area contributed by atoms with E-state index in [0.29, 0.717) is 0 Å². The fraction of sp³-hybridized carbons (Fsp3) is 0.333. The van der Waals surface area contributed by atoms with Crippen molar-refractivity contribution in [3.8, 4) is 24.2 Å². The summed E-state index contributed by atoms with van der Waals surface area (Å²) in [5.74, 6) is 0. The maximum atomic E-state index is 5.08. The van der Waals surface area contributed by atoms with Crippen LogP contribution >= 0.6 is 8.07 Å². The Morgan fingerprint density at radius 2 is 1.62 bits per heavy atom. The Hall–Kier alpha value is -0.490. The smallest absolute Gasteiger partial charge is 0.122 e. The van der Waals surface area contributed by atoms with Gasteiger partial charge in [0.1, 0.15) is 8.07 Å². The Labute approximate surface area is 51.9 Å². The third-order valence-electron chi connectivity index (χ3n) is 0.645. The highest BCUT2D eigenvalue weighted by Crippen LogP contribution is 2.32. The van der Waals surface area contributed by atoms with Gasteiger partial charge in [-0.25, -0.2) is 0 Å². The van der Waals surface area contributed by atoms with Crippen molar-refractivity contribution in [2.45, 2.75) is 0 Å². The van der Waals surface area contributed by atoms with Gasteiger partial charge in [-0.3, -0.25) is 4.67 Å². The zero-order chi connectivity index (χ0) is 6.57. The summed E-state index contributed by atoms with van der Waals surface area (Å²) in [6.45, 7) is 0. The van der Waals surface area contributed by atoms with Crippen LogP contribution in [0.2, 0.25) is 0 Å². The Morgan fingerprint density at radius 3 is 1.62 bits per heavy atom. The van der Waals surface area contributed by atoms with Crippen LogP contribution in [-0.2, 0) is 0 Å². The molecule has 0 bridgehead atoms. The van der Waals surface area contributed by atoms with Crippen LogP contribution in [0.5, 0.6) is 0 Å². The van der Waals surface area contributed by atoms with Crippen molar-refractivity contribution in [3.05, 3.63) is 0 Å². The largest absolute Gasteiger partial charge is 0.268 e. The molecule has 2 heteroatoms. The maximum absolute atomic E-state index is 5.08. The number of terminal acetylenes is 2. The lowest BCUT2D eigenvalue weighted by atomic mass is 11.3. The maximum Gasteiger partial charge on any atom is 0.122 e. The minimum atomic E-state index is -0.726. The third kappa shape index (κ3) is 1.99. The van der Waals surface area contributed by atoms with Crippen LogP contribution in [0.1, 0.15) is 0 Å². The van der Waals surface area contributed by atoms with Gasteiger partial charge in [0.2, 0.25) is 0 Å². The van der Waals surface area contributed by atoms with Crippen molar-refractivity contribution >= 4 is 8.07 Å². The van der Waals surface area contributed by atoms with E-state index in [1.54, 1.807) is 0 Å². The molecule has 0 saturated heterocycles. The van der Waals surface area contributed by atoms with E-state index in [2.05, 4.69) is 11.3 Å². The van der Waals surface area contributed by atoms with Gasteiger partial charge in [0, 0.05) is 0 Å². The van der Waals surface area contributed by atoms with Crippen LogP contribution in [0.15, 0.2) is 0 Å². The molecule has 0 aromatic rings. The molecule has 0 atom stereocenters. The van der Waals surface area contributed by atoms with E-state index in [0.717, 1.165) is 0 Å². The van der Waals surface area contributed by atoms with Gasteiger partial charge in [-0.05, 0) is 25.4 Å². The molecular formula is C6H8NP. The standard InChI is InChI=1S/C6H8NP/c1-5-8(6-2)7(3)4/h1-2H,3-4H3. The second kappa shape index (κ2) is 3.50. The first-order chi connectivity index (χ1) is 3.72. The first-order valence-electron chi connectivity index (χ1n) is 2.12. The van der Waals surface area contributed by atoms with Crippen LogP contribution in [0.4, 0.5) is 0 Å². The molecule has 0 radical (unpaired) electrons. The van der Waals surface area contributed by atoms with E-state index in [-0.39, 0.29) is 0 Å². The molecule has 0 aliphatic heterocycles. The normalized spacial score (nSPS) is 8.75. The summed E-state index contributed by atoms with van der Waals surface area (Å²) < 4.78 is 1.87. The van der Waals surface area contributed by atoms with Gasteiger partial charge < -0.3 is 0 Å². The molecule has 0 saturated carbocycles. The summed E-state index contributed by atoms with van der Waals surface area (Å²) in [6, 6.07) is 0. The molecule has 0 aromatic carbocycles. The molecule has 0 aromatic heterocycles. The lowest BCUT2D eigenvalue weighted by molar-refractivity contribution is 0.691. The number of nitrogens with zero attached hydrogens (tertiary/aromatic N) is 1. The molecule has 1 nitrogen and oxygen atoms in total. The van der Waals surface area contributed by atoms with Crippen LogP contribution in [-0.4, -0.2) is 18.8 Å². The molecule has 0 heterocycles. The van der Waals surface area contributed by atoms with E-state index in [1.807, 2.05) is 18.8 Å². The molecule has 0 fully saturated rings. The predicted octanol–water partition coefficient (Wildman–Crippen LogP) is 1.13. The summed E-state index contributed by atoms with van der Waals surface area (Å²) in [6.07, 6.45) is 10.2. The van der Waals surface area contributed by atoms with Gasteiger partial charge in [-0.15, -0.1) is 12.8 Å². The summed E-state index contributed by atoms with van der Waals surface area (Å²) in [4.78, 5) is 0. The SMILES string of the molecule is C#CP(C#C)N(C)C. The van der Waals surface area contributed by atoms with Gasteiger partial charge in [-0.2, -0.15) is 0 Å². The lowest BCUT2D eigenvalue weighted by Crippen LogP contribution is -2.00. The van der Waals surface area contributed by atoms with Gasteiger partial charge in [0.15, 0.2) is 0 Å². The lowest BCUT2D eigenvalue weighted by Gasteiger charge is -2.09. The predicted molar refractivity (Wildman–Crippen MR) is 38.3 cm³/mol. The number of hydrogen-bond acceptors (Lipinski definition) is 1. The Kier molecular flexibility index (Phi) is 3.29. The molecule has 0 spiro atoms. The molecule has 0 N–H and O–H groups in total. The summed E-state index contributed by atoms with van der Waals surface area (Å²) >= 11 is 0. The van der Waals surface area contributed by atoms with Crippen LogP contribution in [0.25, 0.3) is 0 Å². The fourth-order valence-electron chi connectivity index (χ4n) is 0.268. The third-order valence-corrected chi connectivity index (χ3v) is 1.93. The number of hydrogen-bond donors (Lipinski definition) is 0. The average molecular weight is 125 g/mol. The molecule has 8 heavy (non-hydrogen) atoms. The minimum absolute atomic E-state index is 0.726. The number of rotatable bonds is 1. The second-order valence-corrected chi connectivity index (χ2v) is 3.36. The summed E-state index contributed by atoms with van der Waals surface area (Å²) in [5.41, 5.74) is 5.01. The van der Waals surface area contributed by atoms with Crippen molar-refractivity contribution in [2.24, 2.45) is 0 Å². The van der Waals surface area contributed by atoms with E-state index in [9.17, 15) is 0 Å². The van der Waals surface area contributed by atoms with Crippen LogP contribution in [0.3, 0.4) is 0 Å². The second-order valence-electron chi connectivity index (χ2n) is 1.42. The average Bonchev–Trinajstić information content (AvgIpc) is 1.69.